The van der Waals surface area contributed by atoms with E-state index >= 15 is 0 Å². The molecule has 0 radical (unpaired) electrons. The molecule has 0 spiro atoms. The molecule has 146 valence electrons. The van der Waals surface area contributed by atoms with Crippen LogP contribution in [-0.2, 0) is 4.79 Å². The van der Waals surface area contributed by atoms with Gasteiger partial charge in [0.1, 0.15) is 0 Å². The van der Waals surface area contributed by atoms with Crippen LogP contribution >= 0.6 is 11.8 Å². The van der Waals surface area contributed by atoms with Gasteiger partial charge in [-0.25, -0.2) is 4.98 Å². The molecule has 1 amide bonds. The number of carbonyl (C=O) groups is 1. The maximum atomic E-state index is 12.9. The minimum Gasteiger partial charge on any atom is -0.325 e. The number of benzene rings is 2. The first-order valence-electron chi connectivity index (χ1n) is 9.34. The summed E-state index contributed by atoms with van der Waals surface area (Å²) in [5.74, 6) is -0.111. The van der Waals surface area contributed by atoms with Crippen molar-refractivity contribution in [2.45, 2.75) is 51.1 Å². The van der Waals surface area contributed by atoms with E-state index in [0.29, 0.717) is 16.1 Å². The van der Waals surface area contributed by atoms with E-state index in [2.05, 4.69) is 10.3 Å². The van der Waals surface area contributed by atoms with Gasteiger partial charge < -0.3 is 5.32 Å². The van der Waals surface area contributed by atoms with Crippen LogP contribution in [0.4, 0.5) is 5.69 Å². The summed E-state index contributed by atoms with van der Waals surface area (Å²) in [5.41, 5.74) is 3.45. The first-order chi connectivity index (χ1) is 13.3. The quantitative estimate of drug-likeness (QED) is 0.502. The summed E-state index contributed by atoms with van der Waals surface area (Å²) < 4.78 is 1.66. The van der Waals surface area contributed by atoms with E-state index in [1.807, 2.05) is 71.0 Å². The van der Waals surface area contributed by atoms with E-state index in [9.17, 15) is 9.59 Å². The van der Waals surface area contributed by atoms with Crippen LogP contribution in [0.2, 0.25) is 0 Å². The number of amides is 1. The normalized spacial score (nSPS) is 12.4. The molecule has 3 aromatic rings. The second kappa shape index (κ2) is 8.19. The number of fused-ring (bicyclic) bond motifs is 1. The Morgan fingerprint density at radius 1 is 1.04 bits per heavy atom. The lowest BCUT2D eigenvalue weighted by Gasteiger charge is -2.19. The van der Waals surface area contributed by atoms with Crippen molar-refractivity contribution in [3.05, 3.63) is 63.9 Å². The number of nitrogens with zero attached hydrogens (tertiary/aromatic N) is 2. The second-order valence-corrected chi connectivity index (χ2v) is 8.50. The number of hydrogen-bond acceptors (Lipinski definition) is 4. The van der Waals surface area contributed by atoms with Gasteiger partial charge in [-0.1, -0.05) is 42.1 Å². The molecule has 2 aromatic carbocycles. The van der Waals surface area contributed by atoms with Gasteiger partial charge in [-0.3, -0.25) is 14.2 Å². The number of anilines is 1. The number of aromatic nitrogens is 2. The Bertz CT molecular complexity index is 1070. The summed E-state index contributed by atoms with van der Waals surface area (Å²) in [5, 5.41) is 3.77. The summed E-state index contributed by atoms with van der Waals surface area (Å²) in [6, 6.07) is 13.2. The number of thioether (sulfide) groups is 1. The maximum absolute atomic E-state index is 12.9. The van der Waals surface area contributed by atoms with Crippen molar-refractivity contribution in [2.24, 2.45) is 0 Å². The van der Waals surface area contributed by atoms with E-state index in [1.54, 1.807) is 10.6 Å². The molecule has 28 heavy (non-hydrogen) atoms. The third kappa shape index (κ3) is 3.97. The molecule has 6 heteroatoms. The fourth-order valence-electron chi connectivity index (χ4n) is 3.11. The highest BCUT2D eigenvalue weighted by Crippen LogP contribution is 2.27. The Hall–Kier alpha value is -2.60. The zero-order valence-corrected chi connectivity index (χ0v) is 17.6. The van der Waals surface area contributed by atoms with Crippen LogP contribution in [0.3, 0.4) is 0 Å². The number of para-hydroxylation sites is 2. The largest absolute Gasteiger partial charge is 0.325 e. The number of rotatable bonds is 5. The molecular formula is C22H25N3O2S. The monoisotopic (exact) mass is 395 g/mol. The molecule has 1 N–H and O–H groups in total. The topological polar surface area (TPSA) is 64.0 Å². The Kier molecular flexibility index (Phi) is 5.89. The molecule has 0 saturated carbocycles. The predicted octanol–water partition coefficient (Wildman–Crippen LogP) is 4.71. The van der Waals surface area contributed by atoms with Crippen molar-refractivity contribution >= 4 is 34.3 Å². The van der Waals surface area contributed by atoms with Gasteiger partial charge in [-0.2, -0.15) is 0 Å². The first kappa shape index (κ1) is 20.1. The number of nitrogens with one attached hydrogen (secondary N) is 1. The molecule has 0 saturated heterocycles. The Balaban J connectivity index is 1.92. The second-order valence-electron chi connectivity index (χ2n) is 7.20. The molecule has 1 aromatic heterocycles. The van der Waals surface area contributed by atoms with Crippen molar-refractivity contribution in [3.8, 4) is 0 Å². The van der Waals surface area contributed by atoms with Crippen LogP contribution < -0.4 is 10.9 Å². The van der Waals surface area contributed by atoms with Gasteiger partial charge in [-0.05, 0) is 57.9 Å². The highest BCUT2D eigenvalue weighted by atomic mass is 32.2. The molecule has 0 aliphatic carbocycles. The van der Waals surface area contributed by atoms with E-state index in [1.165, 1.54) is 11.8 Å². The summed E-state index contributed by atoms with van der Waals surface area (Å²) in [4.78, 5) is 30.4. The Labute approximate surface area is 169 Å². The van der Waals surface area contributed by atoms with Crippen LogP contribution in [0, 0.1) is 13.8 Å². The molecule has 5 nitrogen and oxygen atoms in total. The summed E-state index contributed by atoms with van der Waals surface area (Å²) >= 11 is 1.31. The fraction of sp³-hybridized carbons (Fsp3) is 0.318. The van der Waals surface area contributed by atoms with Crippen LogP contribution in [0.1, 0.15) is 37.9 Å². The lowest BCUT2D eigenvalue weighted by Crippen LogP contribution is -2.28. The lowest BCUT2D eigenvalue weighted by molar-refractivity contribution is -0.115. The van der Waals surface area contributed by atoms with Gasteiger partial charge in [-0.15, -0.1) is 0 Å². The van der Waals surface area contributed by atoms with E-state index in [4.69, 9.17) is 0 Å². The molecule has 0 fully saturated rings. The summed E-state index contributed by atoms with van der Waals surface area (Å²) in [6.07, 6.45) is 0. The van der Waals surface area contributed by atoms with Crippen LogP contribution in [-0.4, -0.2) is 20.7 Å². The number of aryl methyl sites for hydroxylation is 2. The maximum Gasteiger partial charge on any atom is 0.262 e. The van der Waals surface area contributed by atoms with Crippen molar-refractivity contribution in [3.63, 3.8) is 0 Å². The van der Waals surface area contributed by atoms with Crippen molar-refractivity contribution < 1.29 is 4.79 Å². The molecule has 0 aliphatic rings. The van der Waals surface area contributed by atoms with Gasteiger partial charge in [0.25, 0.3) is 5.56 Å². The van der Waals surface area contributed by atoms with Crippen molar-refractivity contribution in [2.75, 3.05) is 5.32 Å². The van der Waals surface area contributed by atoms with Gasteiger partial charge in [0.2, 0.25) is 5.91 Å². The van der Waals surface area contributed by atoms with E-state index in [0.717, 1.165) is 16.8 Å². The number of hydrogen-bond donors (Lipinski definition) is 1. The smallest absolute Gasteiger partial charge is 0.262 e. The number of carbonyl (C=O) groups excluding carboxylic acids is 1. The molecule has 1 atom stereocenters. The molecule has 1 unspecified atom stereocenters. The van der Waals surface area contributed by atoms with Crippen LogP contribution in [0.15, 0.2) is 52.4 Å². The average molecular weight is 396 g/mol. The third-order valence-electron chi connectivity index (χ3n) is 4.67. The summed E-state index contributed by atoms with van der Waals surface area (Å²) in [6.45, 7) is 9.68. The van der Waals surface area contributed by atoms with Gasteiger partial charge in [0.15, 0.2) is 5.16 Å². The van der Waals surface area contributed by atoms with Crippen molar-refractivity contribution in [1.82, 2.24) is 9.55 Å². The molecule has 3 rings (SSSR count). The van der Waals surface area contributed by atoms with Crippen LogP contribution in [0.25, 0.3) is 10.9 Å². The van der Waals surface area contributed by atoms with Crippen molar-refractivity contribution in [1.29, 1.82) is 0 Å². The van der Waals surface area contributed by atoms with Gasteiger partial charge in [0.05, 0.1) is 16.2 Å². The molecule has 0 aliphatic heterocycles. The Morgan fingerprint density at radius 3 is 2.32 bits per heavy atom. The molecule has 0 bridgehead atoms. The standard InChI is InChI=1S/C22H25N3O2S/c1-13(2)25-21(27)17-11-6-7-12-18(17)23-22(25)28-16(5)20(26)24-19-14(3)9-8-10-15(19)4/h6-13,16H,1-5H3,(H,24,26). The minimum absolute atomic E-state index is 0.0546. The fourth-order valence-corrected chi connectivity index (χ4v) is 4.15. The zero-order valence-electron chi connectivity index (χ0n) is 16.8. The minimum atomic E-state index is -0.405. The van der Waals surface area contributed by atoms with E-state index in [-0.39, 0.29) is 17.5 Å². The Morgan fingerprint density at radius 2 is 1.68 bits per heavy atom. The van der Waals surface area contributed by atoms with Gasteiger partial charge in [0, 0.05) is 11.7 Å². The summed E-state index contributed by atoms with van der Waals surface area (Å²) in [7, 11) is 0. The molecular weight excluding hydrogens is 370 g/mol. The highest BCUT2D eigenvalue weighted by Gasteiger charge is 2.21. The zero-order chi connectivity index (χ0) is 20.4. The highest BCUT2D eigenvalue weighted by molar-refractivity contribution is 8.00. The average Bonchev–Trinajstić information content (AvgIpc) is 2.64. The van der Waals surface area contributed by atoms with Gasteiger partial charge >= 0.3 is 0 Å². The third-order valence-corrected chi connectivity index (χ3v) is 5.74. The van der Waals surface area contributed by atoms with E-state index < -0.39 is 5.25 Å². The lowest BCUT2D eigenvalue weighted by atomic mass is 10.1. The SMILES string of the molecule is Cc1cccc(C)c1NC(=O)C(C)Sc1nc2ccccc2c(=O)n1C(C)C. The first-order valence-corrected chi connectivity index (χ1v) is 10.2. The predicted molar refractivity (Wildman–Crippen MR) is 116 cm³/mol. The molecule has 1 heterocycles. The van der Waals surface area contributed by atoms with Crippen LogP contribution in [0.5, 0.6) is 0 Å².